The number of nitrogens with two attached hydrogens (primary N) is 1. The first-order valence-corrected chi connectivity index (χ1v) is 10.2. The highest BCUT2D eigenvalue weighted by atomic mass is 16.1. The smallest absolute Gasteiger partial charge is 0.259 e. The molecule has 0 unspecified atom stereocenters. The third-order valence-corrected chi connectivity index (χ3v) is 5.13. The summed E-state index contributed by atoms with van der Waals surface area (Å²) in [5, 5.41) is 11.1. The predicted molar refractivity (Wildman–Crippen MR) is 128 cm³/mol. The Morgan fingerprint density at radius 1 is 0.906 bits per heavy atom. The van der Waals surface area contributed by atoms with Crippen LogP contribution < -0.4 is 16.2 Å². The summed E-state index contributed by atoms with van der Waals surface area (Å²) in [5.41, 5.74) is 13.6. The maximum absolute atomic E-state index is 11.3. The Labute approximate surface area is 187 Å². The number of nitrogens with zero attached hydrogens (tertiary/aromatic N) is 2. The quantitative estimate of drug-likeness (QED) is 0.447. The highest BCUT2D eigenvalue weighted by molar-refractivity contribution is 6.00. The zero-order valence-electron chi connectivity index (χ0n) is 17.3. The van der Waals surface area contributed by atoms with Crippen molar-refractivity contribution in [1.29, 1.82) is 5.26 Å². The number of primary amides is 1. The molecule has 0 saturated carbocycles. The molecule has 0 bridgehead atoms. The Balaban J connectivity index is 1.61. The highest BCUT2D eigenvalue weighted by Crippen LogP contribution is 2.32. The van der Waals surface area contributed by atoms with E-state index in [4.69, 9.17) is 11.0 Å². The van der Waals surface area contributed by atoms with Crippen molar-refractivity contribution in [2.75, 3.05) is 5.01 Å². The lowest BCUT2D eigenvalue weighted by Crippen LogP contribution is -2.34. The largest absolute Gasteiger partial charge is 0.365 e. The zero-order valence-corrected chi connectivity index (χ0v) is 17.3. The standard InChI is InChI=1S/C27H22N4O/c28-19-23(27(29)32)17-21-12-15-25(16-13-21)31-26(22-9-5-2-6-10-22)18-24(30-31)14-11-20-7-3-1-4-8-20/h1-18,26,30H,(H2,29,32)/b14-11+,23-17-/t26-/m1/s1. The van der Waals surface area contributed by atoms with Crippen LogP contribution in [0.1, 0.15) is 22.7 Å². The fourth-order valence-corrected chi connectivity index (χ4v) is 3.51. The van der Waals surface area contributed by atoms with E-state index in [1.165, 1.54) is 6.08 Å². The molecule has 3 aromatic rings. The van der Waals surface area contributed by atoms with Crippen molar-refractivity contribution in [2.24, 2.45) is 5.73 Å². The number of carbonyl (C=O) groups is 1. The number of hydrazine groups is 1. The van der Waals surface area contributed by atoms with Crippen molar-refractivity contribution in [2.45, 2.75) is 6.04 Å². The van der Waals surface area contributed by atoms with E-state index in [9.17, 15) is 4.79 Å². The van der Waals surface area contributed by atoms with E-state index in [-0.39, 0.29) is 11.6 Å². The van der Waals surface area contributed by atoms with Gasteiger partial charge in [-0.1, -0.05) is 78.9 Å². The molecule has 3 N–H and O–H groups in total. The van der Waals surface area contributed by atoms with Gasteiger partial charge in [0.1, 0.15) is 11.6 Å². The first-order chi connectivity index (χ1) is 15.6. The number of anilines is 1. The van der Waals surface area contributed by atoms with Crippen molar-refractivity contribution in [3.8, 4) is 6.07 Å². The second-order valence-electron chi connectivity index (χ2n) is 7.33. The Morgan fingerprint density at radius 3 is 2.19 bits per heavy atom. The minimum atomic E-state index is -0.735. The summed E-state index contributed by atoms with van der Waals surface area (Å²) >= 11 is 0. The zero-order chi connectivity index (χ0) is 22.3. The Morgan fingerprint density at radius 2 is 1.56 bits per heavy atom. The number of nitriles is 1. The second kappa shape index (κ2) is 9.50. The minimum Gasteiger partial charge on any atom is -0.365 e. The summed E-state index contributed by atoms with van der Waals surface area (Å²) < 4.78 is 0. The first kappa shape index (κ1) is 20.7. The van der Waals surface area contributed by atoms with E-state index < -0.39 is 5.91 Å². The summed E-state index contributed by atoms with van der Waals surface area (Å²) in [6.07, 6.45) is 7.81. The molecule has 0 radical (unpaired) electrons. The lowest BCUT2D eigenvalue weighted by Gasteiger charge is -2.27. The third kappa shape index (κ3) is 4.77. The van der Waals surface area contributed by atoms with Crippen LogP contribution in [-0.4, -0.2) is 5.91 Å². The molecule has 0 aliphatic carbocycles. The van der Waals surface area contributed by atoms with Crippen LogP contribution in [0.15, 0.2) is 108 Å². The molecule has 32 heavy (non-hydrogen) atoms. The SMILES string of the molecule is N#C/C(=C/c1ccc(N2NC(/C=C/c3ccccc3)=C[C@@H]2c2ccccc2)cc1)C(N)=O. The summed E-state index contributed by atoms with van der Waals surface area (Å²) in [7, 11) is 0. The molecule has 5 heteroatoms. The summed E-state index contributed by atoms with van der Waals surface area (Å²) in [5.74, 6) is -0.735. The number of hydrogen-bond acceptors (Lipinski definition) is 4. The Hall–Kier alpha value is -4.56. The molecule has 1 amide bonds. The van der Waals surface area contributed by atoms with Crippen LogP contribution >= 0.6 is 0 Å². The van der Waals surface area contributed by atoms with E-state index in [0.29, 0.717) is 0 Å². The number of allylic oxidation sites excluding steroid dienone is 1. The molecule has 1 aliphatic rings. The fourth-order valence-electron chi connectivity index (χ4n) is 3.51. The predicted octanol–water partition coefficient (Wildman–Crippen LogP) is 4.74. The summed E-state index contributed by atoms with van der Waals surface area (Å²) in [4.78, 5) is 11.3. The van der Waals surface area contributed by atoms with Gasteiger partial charge >= 0.3 is 0 Å². The normalized spacial score (nSPS) is 15.8. The first-order valence-electron chi connectivity index (χ1n) is 10.2. The van der Waals surface area contributed by atoms with Crippen molar-refractivity contribution < 1.29 is 4.79 Å². The number of benzene rings is 3. The van der Waals surface area contributed by atoms with Crippen LogP contribution in [0.2, 0.25) is 0 Å². The molecule has 1 aliphatic heterocycles. The maximum Gasteiger partial charge on any atom is 0.259 e. The number of amides is 1. The lowest BCUT2D eigenvalue weighted by atomic mass is 10.1. The third-order valence-electron chi connectivity index (χ3n) is 5.13. The molecule has 1 atom stereocenters. The monoisotopic (exact) mass is 418 g/mol. The van der Waals surface area contributed by atoms with Crippen molar-refractivity contribution in [3.05, 3.63) is 125 Å². The molecular formula is C27H22N4O. The summed E-state index contributed by atoms with van der Waals surface area (Å²) in [6.45, 7) is 0. The van der Waals surface area contributed by atoms with Gasteiger partial charge in [-0.2, -0.15) is 5.26 Å². The van der Waals surface area contributed by atoms with Crippen LogP contribution in [0, 0.1) is 11.3 Å². The molecular weight excluding hydrogens is 396 g/mol. The van der Waals surface area contributed by atoms with Gasteiger partial charge in [0, 0.05) is 0 Å². The summed E-state index contributed by atoms with van der Waals surface area (Å²) in [6, 6.07) is 29.9. The number of nitrogens with one attached hydrogen (secondary N) is 1. The van der Waals surface area contributed by atoms with Gasteiger partial charge in [-0.3, -0.25) is 15.2 Å². The van der Waals surface area contributed by atoms with Gasteiger partial charge < -0.3 is 5.73 Å². The topological polar surface area (TPSA) is 82.2 Å². The van der Waals surface area contributed by atoms with Gasteiger partial charge in [0.2, 0.25) is 0 Å². The number of hydrogen-bond donors (Lipinski definition) is 2. The van der Waals surface area contributed by atoms with Crippen LogP contribution in [0.3, 0.4) is 0 Å². The van der Waals surface area contributed by atoms with Crippen LogP contribution in [-0.2, 0) is 4.79 Å². The lowest BCUT2D eigenvalue weighted by molar-refractivity contribution is -0.114. The Bertz CT molecular complexity index is 1220. The van der Waals surface area contributed by atoms with Gasteiger partial charge in [-0.15, -0.1) is 0 Å². The molecule has 3 aromatic carbocycles. The van der Waals surface area contributed by atoms with Crippen molar-refractivity contribution in [3.63, 3.8) is 0 Å². The molecule has 5 nitrogen and oxygen atoms in total. The maximum atomic E-state index is 11.3. The van der Waals surface area contributed by atoms with Gasteiger partial charge in [-0.25, -0.2) is 0 Å². The minimum absolute atomic E-state index is 0.00769. The van der Waals surface area contributed by atoms with Gasteiger partial charge in [0.25, 0.3) is 5.91 Å². The van der Waals surface area contributed by atoms with Crippen LogP contribution in [0.25, 0.3) is 12.2 Å². The molecule has 0 saturated heterocycles. The van der Waals surface area contributed by atoms with Gasteiger partial charge in [0.15, 0.2) is 0 Å². The molecule has 0 spiro atoms. The molecule has 0 fully saturated rings. The van der Waals surface area contributed by atoms with E-state index in [0.717, 1.165) is 28.1 Å². The van der Waals surface area contributed by atoms with E-state index in [2.05, 4.69) is 52.9 Å². The van der Waals surface area contributed by atoms with Gasteiger partial charge in [-0.05, 0) is 47.1 Å². The molecule has 4 rings (SSSR count). The van der Waals surface area contributed by atoms with Crippen molar-refractivity contribution >= 4 is 23.7 Å². The van der Waals surface area contributed by atoms with Crippen LogP contribution in [0.4, 0.5) is 5.69 Å². The second-order valence-corrected chi connectivity index (χ2v) is 7.33. The number of carbonyl (C=O) groups excluding carboxylic acids is 1. The molecule has 1 heterocycles. The average Bonchev–Trinajstić information content (AvgIpc) is 3.27. The fraction of sp³-hybridized carbons (Fsp3) is 0.0370. The van der Waals surface area contributed by atoms with Crippen LogP contribution in [0.5, 0.6) is 0 Å². The van der Waals surface area contributed by atoms with E-state index in [1.54, 1.807) is 0 Å². The van der Waals surface area contributed by atoms with E-state index >= 15 is 0 Å². The molecule has 0 aromatic heterocycles. The van der Waals surface area contributed by atoms with E-state index in [1.807, 2.05) is 66.7 Å². The van der Waals surface area contributed by atoms with Crippen molar-refractivity contribution in [1.82, 2.24) is 5.43 Å². The Kier molecular flexibility index (Phi) is 6.15. The molecule has 156 valence electrons. The highest BCUT2D eigenvalue weighted by Gasteiger charge is 2.25. The average molecular weight is 419 g/mol. The number of rotatable bonds is 6. The van der Waals surface area contributed by atoms with Gasteiger partial charge in [0.05, 0.1) is 17.4 Å².